The van der Waals surface area contributed by atoms with Crippen LogP contribution in [0.4, 0.5) is 0 Å². The Hall–Kier alpha value is -0.900. The zero-order valence-corrected chi connectivity index (χ0v) is 10.3. The van der Waals surface area contributed by atoms with Gasteiger partial charge in [-0.2, -0.15) is 0 Å². The maximum atomic E-state index is 5.66. The molecule has 1 atom stereocenters. The lowest BCUT2D eigenvalue weighted by Crippen LogP contribution is -2.14. The fourth-order valence-corrected chi connectivity index (χ4v) is 1.55. The highest BCUT2D eigenvalue weighted by Crippen LogP contribution is 2.07. The first-order chi connectivity index (χ1) is 7.76. The first kappa shape index (κ1) is 13.2. The number of rotatable bonds is 7. The molecule has 0 saturated carbocycles. The SMILES string of the molecule is CNCc1cccc(COC(C)COC)c1. The first-order valence-corrected chi connectivity index (χ1v) is 5.59. The molecule has 90 valence electrons. The second kappa shape index (κ2) is 7.39. The van der Waals surface area contributed by atoms with E-state index >= 15 is 0 Å². The van der Waals surface area contributed by atoms with Crippen LogP contribution in [0.3, 0.4) is 0 Å². The topological polar surface area (TPSA) is 30.5 Å². The van der Waals surface area contributed by atoms with Gasteiger partial charge in [-0.1, -0.05) is 24.3 Å². The summed E-state index contributed by atoms with van der Waals surface area (Å²) in [4.78, 5) is 0. The summed E-state index contributed by atoms with van der Waals surface area (Å²) in [5, 5.41) is 3.14. The van der Waals surface area contributed by atoms with Gasteiger partial charge >= 0.3 is 0 Å². The summed E-state index contributed by atoms with van der Waals surface area (Å²) in [7, 11) is 3.64. The average molecular weight is 223 g/mol. The standard InChI is InChI=1S/C13H21NO2/c1-11(9-15-3)16-10-13-6-4-5-12(7-13)8-14-2/h4-7,11,14H,8-10H2,1-3H3. The van der Waals surface area contributed by atoms with Crippen LogP contribution in [0.25, 0.3) is 0 Å². The van der Waals surface area contributed by atoms with Gasteiger partial charge in [-0.05, 0) is 25.1 Å². The predicted octanol–water partition coefficient (Wildman–Crippen LogP) is 1.96. The van der Waals surface area contributed by atoms with Crippen LogP contribution >= 0.6 is 0 Å². The Morgan fingerprint density at radius 1 is 1.31 bits per heavy atom. The largest absolute Gasteiger partial charge is 0.382 e. The highest BCUT2D eigenvalue weighted by atomic mass is 16.5. The van der Waals surface area contributed by atoms with Gasteiger partial charge < -0.3 is 14.8 Å². The van der Waals surface area contributed by atoms with Crippen LogP contribution in [-0.2, 0) is 22.6 Å². The van der Waals surface area contributed by atoms with E-state index in [1.165, 1.54) is 11.1 Å². The Kier molecular flexibility index (Phi) is 6.08. The maximum absolute atomic E-state index is 5.66. The van der Waals surface area contributed by atoms with Gasteiger partial charge in [0.15, 0.2) is 0 Å². The van der Waals surface area contributed by atoms with Gasteiger partial charge in [0.2, 0.25) is 0 Å². The van der Waals surface area contributed by atoms with Crippen LogP contribution in [0.2, 0.25) is 0 Å². The molecule has 0 aliphatic carbocycles. The molecule has 3 heteroatoms. The van der Waals surface area contributed by atoms with Crippen molar-refractivity contribution in [2.24, 2.45) is 0 Å². The molecule has 0 saturated heterocycles. The molecule has 1 N–H and O–H groups in total. The number of nitrogens with one attached hydrogen (secondary N) is 1. The zero-order valence-electron chi connectivity index (χ0n) is 10.3. The summed E-state index contributed by atoms with van der Waals surface area (Å²) in [6, 6.07) is 8.42. The first-order valence-electron chi connectivity index (χ1n) is 5.59. The minimum absolute atomic E-state index is 0.137. The third-order valence-electron chi connectivity index (χ3n) is 2.31. The van der Waals surface area contributed by atoms with Crippen molar-refractivity contribution in [3.8, 4) is 0 Å². The lowest BCUT2D eigenvalue weighted by atomic mass is 10.1. The molecule has 1 aromatic carbocycles. The van der Waals surface area contributed by atoms with Crippen LogP contribution in [0.5, 0.6) is 0 Å². The molecule has 1 unspecified atom stereocenters. The van der Waals surface area contributed by atoms with E-state index in [0.29, 0.717) is 13.2 Å². The number of hydrogen-bond acceptors (Lipinski definition) is 3. The summed E-state index contributed by atoms with van der Waals surface area (Å²) in [5.41, 5.74) is 2.48. The van der Waals surface area contributed by atoms with Gasteiger partial charge in [0.05, 0.1) is 19.3 Å². The number of benzene rings is 1. The molecule has 0 bridgehead atoms. The average Bonchev–Trinajstić information content (AvgIpc) is 2.28. The van der Waals surface area contributed by atoms with Crippen molar-refractivity contribution in [1.29, 1.82) is 0 Å². The van der Waals surface area contributed by atoms with Crippen molar-refractivity contribution in [3.05, 3.63) is 35.4 Å². The minimum atomic E-state index is 0.137. The Bertz CT molecular complexity index is 302. The van der Waals surface area contributed by atoms with Gasteiger partial charge in [-0.3, -0.25) is 0 Å². The van der Waals surface area contributed by atoms with E-state index in [1.807, 2.05) is 14.0 Å². The molecule has 0 amide bonds. The van der Waals surface area contributed by atoms with Crippen LogP contribution < -0.4 is 5.32 Å². The van der Waals surface area contributed by atoms with Crippen LogP contribution in [-0.4, -0.2) is 26.9 Å². The van der Waals surface area contributed by atoms with Crippen molar-refractivity contribution >= 4 is 0 Å². The zero-order chi connectivity index (χ0) is 11.8. The molecule has 0 aliphatic heterocycles. The molecule has 0 heterocycles. The third-order valence-corrected chi connectivity index (χ3v) is 2.31. The van der Waals surface area contributed by atoms with Crippen molar-refractivity contribution in [2.75, 3.05) is 20.8 Å². The molecular formula is C13H21NO2. The van der Waals surface area contributed by atoms with Gasteiger partial charge in [0.25, 0.3) is 0 Å². The van der Waals surface area contributed by atoms with Crippen LogP contribution in [0, 0.1) is 0 Å². The molecule has 0 radical (unpaired) electrons. The molecule has 0 aromatic heterocycles. The van der Waals surface area contributed by atoms with E-state index in [9.17, 15) is 0 Å². The van der Waals surface area contributed by atoms with E-state index in [4.69, 9.17) is 9.47 Å². The molecule has 1 aromatic rings. The smallest absolute Gasteiger partial charge is 0.0784 e. The van der Waals surface area contributed by atoms with Gasteiger partial charge in [0.1, 0.15) is 0 Å². The van der Waals surface area contributed by atoms with Gasteiger partial charge in [-0.25, -0.2) is 0 Å². The van der Waals surface area contributed by atoms with Crippen LogP contribution in [0.15, 0.2) is 24.3 Å². The quantitative estimate of drug-likeness (QED) is 0.766. The summed E-state index contributed by atoms with van der Waals surface area (Å²) in [5.74, 6) is 0. The normalized spacial score (nSPS) is 12.7. The van der Waals surface area contributed by atoms with Crippen LogP contribution in [0.1, 0.15) is 18.1 Å². The van der Waals surface area contributed by atoms with Crippen molar-refractivity contribution in [1.82, 2.24) is 5.32 Å². The van der Waals surface area contributed by atoms with Gasteiger partial charge in [-0.15, -0.1) is 0 Å². The van der Waals surface area contributed by atoms with E-state index in [0.717, 1.165) is 6.54 Å². The second-order valence-corrected chi connectivity index (χ2v) is 3.93. The van der Waals surface area contributed by atoms with Crippen molar-refractivity contribution in [3.63, 3.8) is 0 Å². The van der Waals surface area contributed by atoms with Gasteiger partial charge in [0, 0.05) is 13.7 Å². The fraction of sp³-hybridized carbons (Fsp3) is 0.538. The highest BCUT2D eigenvalue weighted by Gasteiger charge is 2.02. The number of ether oxygens (including phenoxy) is 2. The summed E-state index contributed by atoms with van der Waals surface area (Å²) < 4.78 is 10.7. The highest BCUT2D eigenvalue weighted by molar-refractivity contribution is 5.22. The van der Waals surface area contributed by atoms with E-state index in [1.54, 1.807) is 7.11 Å². The summed E-state index contributed by atoms with van der Waals surface area (Å²) >= 11 is 0. The Morgan fingerprint density at radius 3 is 2.75 bits per heavy atom. The summed E-state index contributed by atoms with van der Waals surface area (Å²) in [6.07, 6.45) is 0.137. The lowest BCUT2D eigenvalue weighted by Gasteiger charge is -2.12. The Morgan fingerprint density at radius 2 is 2.06 bits per heavy atom. The number of methoxy groups -OCH3 is 1. The minimum Gasteiger partial charge on any atom is -0.382 e. The summed E-state index contributed by atoms with van der Waals surface area (Å²) in [6.45, 7) is 4.18. The Labute approximate surface area is 97.8 Å². The monoisotopic (exact) mass is 223 g/mol. The molecule has 0 fully saturated rings. The fourth-order valence-electron chi connectivity index (χ4n) is 1.55. The predicted molar refractivity (Wildman–Crippen MR) is 65.3 cm³/mol. The van der Waals surface area contributed by atoms with E-state index in [2.05, 4.69) is 29.6 Å². The van der Waals surface area contributed by atoms with E-state index in [-0.39, 0.29) is 6.10 Å². The molecule has 0 aliphatic rings. The number of hydrogen-bond donors (Lipinski definition) is 1. The van der Waals surface area contributed by atoms with E-state index < -0.39 is 0 Å². The molecular weight excluding hydrogens is 202 g/mol. The second-order valence-electron chi connectivity index (χ2n) is 3.93. The van der Waals surface area contributed by atoms with Crippen molar-refractivity contribution < 1.29 is 9.47 Å². The third kappa shape index (κ3) is 4.75. The maximum Gasteiger partial charge on any atom is 0.0784 e. The Balaban J connectivity index is 2.44. The molecule has 16 heavy (non-hydrogen) atoms. The van der Waals surface area contributed by atoms with Crippen molar-refractivity contribution in [2.45, 2.75) is 26.2 Å². The molecule has 3 nitrogen and oxygen atoms in total. The lowest BCUT2D eigenvalue weighted by molar-refractivity contribution is -0.000145. The molecule has 1 rings (SSSR count). The molecule has 0 spiro atoms.